The molecule has 1 unspecified atom stereocenters. The Kier molecular flexibility index (Phi) is 3.53. The normalized spacial score (nSPS) is 35.2. The van der Waals surface area contributed by atoms with Gasteiger partial charge in [0.2, 0.25) is 0 Å². The number of hydrogen-bond acceptors (Lipinski definition) is 2. The monoisotopic (exact) mass is 280 g/mol. The molecule has 0 radical (unpaired) electrons. The molecule has 0 aromatic carbocycles. The van der Waals surface area contributed by atoms with E-state index in [2.05, 4.69) is 0 Å². The Morgan fingerprint density at radius 1 is 1.05 bits per heavy atom. The Bertz CT molecular complexity index is 410. The van der Waals surface area contributed by atoms with Crippen molar-refractivity contribution in [2.75, 3.05) is 0 Å². The Hall–Kier alpha value is -0.345. The van der Waals surface area contributed by atoms with Crippen LogP contribution in [0.5, 0.6) is 0 Å². The van der Waals surface area contributed by atoms with E-state index in [1.165, 1.54) is 19.3 Å². The number of rotatable bonds is 2. The van der Waals surface area contributed by atoms with Crippen LogP contribution in [0.2, 0.25) is 0 Å². The number of allylic oxidation sites excluding steroid dienone is 1. The maximum absolute atomic E-state index is 14.9. The maximum atomic E-state index is 14.9. The average Bonchev–Trinajstić information content (AvgIpc) is 3.17. The lowest BCUT2D eigenvalue weighted by Crippen LogP contribution is -2.41. The number of halogens is 1. The Morgan fingerprint density at radius 3 is 2.20 bits per heavy atom. The summed E-state index contributed by atoms with van der Waals surface area (Å²) in [5.74, 6) is 1.17. The molecule has 1 heterocycles. The lowest BCUT2D eigenvalue weighted by atomic mass is 9.73. The molecule has 4 heteroatoms. The molecule has 0 bridgehead atoms. The van der Waals surface area contributed by atoms with Gasteiger partial charge in [0.1, 0.15) is 5.73 Å². The lowest BCUT2D eigenvalue weighted by molar-refractivity contribution is 0.00578. The molecule has 2 saturated carbocycles. The van der Waals surface area contributed by atoms with Crippen molar-refractivity contribution < 1.29 is 13.7 Å². The quantitative estimate of drug-likeness (QED) is 0.696. The molecule has 0 aromatic rings. The van der Waals surface area contributed by atoms with Gasteiger partial charge in [0.25, 0.3) is 0 Å². The first-order valence-electron chi connectivity index (χ1n) is 8.06. The SMILES string of the molecule is CC1(C)OB(C(F)=C2CCCCC2C2CC2)OC1(C)C. The zero-order chi connectivity index (χ0) is 14.5. The van der Waals surface area contributed by atoms with Gasteiger partial charge in [0.05, 0.1) is 11.2 Å². The minimum Gasteiger partial charge on any atom is -0.398 e. The smallest absolute Gasteiger partial charge is 0.398 e. The summed E-state index contributed by atoms with van der Waals surface area (Å²) in [7, 11) is -0.797. The summed E-state index contributed by atoms with van der Waals surface area (Å²) in [5, 5.41) is 0. The van der Waals surface area contributed by atoms with Crippen LogP contribution >= 0.6 is 0 Å². The van der Waals surface area contributed by atoms with Gasteiger partial charge in [0, 0.05) is 0 Å². The van der Waals surface area contributed by atoms with Crippen LogP contribution in [-0.4, -0.2) is 18.3 Å². The third-order valence-corrected chi connectivity index (χ3v) is 5.62. The molecule has 2 nitrogen and oxygen atoms in total. The van der Waals surface area contributed by atoms with Gasteiger partial charge >= 0.3 is 7.12 Å². The minimum atomic E-state index is -0.797. The molecule has 0 aromatic heterocycles. The maximum Gasteiger partial charge on any atom is 0.525 e. The molecule has 0 amide bonds. The van der Waals surface area contributed by atoms with Crippen molar-refractivity contribution in [1.29, 1.82) is 0 Å². The fraction of sp³-hybridized carbons (Fsp3) is 0.875. The molecule has 2 aliphatic carbocycles. The molecule has 0 spiro atoms. The summed E-state index contributed by atoms with van der Waals surface area (Å²) < 4.78 is 26.7. The molecule has 3 fully saturated rings. The van der Waals surface area contributed by atoms with Crippen LogP contribution in [0, 0.1) is 11.8 Å². The van der Waals surface area contributed by atoms with Gasteiger partial charge in [-0.15, -0.1) is 0 Å². The summed E-state index contributed by atoms with van der Waals surface area (Å²) in [5.41, 5.74) is -0.0453. The van der Waals surface area contributed by atoms with Gasteiger partial charge in [-0.3, -0.25) is 0 Å². The van der Waals surface area contributed by atoms with Crippen LogP contribution in [0.25, 0.3) is 0 Å². The zero-order valence-electron chi connectivity index (χ0n) is 13.2. The van der Waals surface area contributed by atoms with E-state index in [1.807, 2.05) is 27.7 Å². The van der Waals surface area contributed by atoms with Gasteiger partial charge in [-0.25, -0.2) is 4.39 Å². The zero-order valence-corrected chi connectivity index (χ0v) is 13.2. The second-order valence-electron chi connectivity index (χ2n) is 7.65. The van der Waals surface area contributed by atoms with Crippen LogP contribution in [0.4, 0.5) is 4.39 Å². The second kappa shape index (κ2) is 4.84. The molecule has 0 N–H and O–H groups in total. The van der Waals surface area contributed by atoms with Crippen molar-refractivity contribution in [1.82, 2.24) is 0 Å². The van der Waals surface area contributed by atoms with Crippen molar-refractivity contribution in [2.24, 2.45) is 11.8 Å². The molecule has 1 saturated heterocycles. The highest BCUT2D eigenvalue weighted by molar-refractivity contribution is 6.53. The van der Waals surface area contributed by atoms with Gasteiger partial charge in [0.15, 0.2) is 0 Å². The van der Waals surface area contributed by atoms with E-state index in [0.717, 1.165) is 30.8 Å². The molecule has 1 atom stereocenters. The van der Waals surface area contributed by atoms with Gasteiger partial charge in [-0.2, -0.15) is 0 Å². The van der Waals surface area contributed by atoms with E-state index < -0.39 is 18.3 Å². The van der Waals surface area contributed by atoms with Gasteiger partial charge in [-0.1, -0.05) is 6.42 Å². The van der Waals surface area contributed by atoms with Gasteiger partial charge < -0.3 is 9.31 Å². The standard InChI is InChI=1S/C16H26BFO2/c1-15(2)16(3,4)20-17(19-15)14(18)13-8-6-5-7-12(13)11-9-10-11/h11-12H,5-10H2,1-4H3. The third-order valence-electron chi connectivity index (χ3n) is 5.62. The first-order valence-corrected chi connectivity index (χ1v) is 8.06. The largest absolute Gasteiger partial charge is 0.525 e. The van der Waals surface area contributed by atoms with Crippen LogP contribution < -0.4 is 0 Å². The lowest BCUT2D eigenvalue weighted by Gasteiger charge is -2.32. The molecule has 1 aliphatic heterocycles. The van der Waals surface area contributed by atoms with Crippen LogP contribution in [0.15, 0.2) is 11.3 Å². The van der Waals surface area contributed by atoms with Crippen molar-refractivity contribution in [3.63, 3.8) is 0 Å². The number of hydrogen-bond donors (Lipinski definition) is 0. The summed E-state index contributed by atoms with van der Waals surface area (Å²) in [4.78, 5) is 0. The third kappa shape index (κ3) is 2.46. The molecular weight excluding hydrogens is 254 g/mol. The Labute approximate surface area is 122 Å². The van der Waals surface area contributed by atoms with Crippen molar-refractivity contribution in [3.05, 3.63) is 11.3 Å². The van der Waals surface area contributed by atoms with E-state index in [1.54, 1.807) is 0 Å². The fourth-order valence-electron chi connectivity index (χ4n) is 3.45. The van der Waals surface area contributed by atoms with E-state index in [4.69, 9.17) is 9.31 Å². The Morgan fingerprint density at radius 2 is 1.65 bits per heavy atom. The highest BCUT2D eigenvalue weighted by atomic mass is 19.1. The predicted molar refractivity (Wildman–Crippen MR) is 78.9 cm³/mol. The van der Waals surface area contributed by atoms with Crippen molar-refractivity contribution in [3.8, 4) is 0 Å². The van der Waals surface area contributed by atoms with Crippen molar-refractivity contribution >= 4 is 7.12 Å². The molecule has 3 aliphatic rings. The first-order chi connectivity index (χ1) is 9.32. The summed E-state index contributed by atoms with van der Waals surface area (Å²) in [6.45, 7) is 7.91. The molecule has 20 heavy (non-hydrogen) atoms. The first kappa shape index (κ1) is 14.6. The summed E-state index contributed by atoms with van der Waals surface area (Å²) in [6, 6.07) is 0. The van der Waals surface area contributed by atoms with Crippen LogP contribution in [-0.2, 0) is 9.31 Å². The highest BCUT2D eigenvalue weighted by Crippen LogP contribution is 2.49. The summed E-state index contributed by atoms with van der Waals surface area (Å²) in [6.07, 6.45) is 6.91. The van der Waals surface area contributed by atoms with E-state index in [0.29, 0.717) is 5.92 Å². The molecule has 3 rings (SSSR count). The van der Waals surface area contributed by atoms with E-state index in [9.17, 15) is 4.39 Å². The van der Waals surface area contributed by atoms with Gasteiger partial charge in [-0.05, 0) is 77.2 Å². The van der Waals surface area contributed by atoms with E-state index >= 15 is 0 Å². The molecule has 112 valence electrons. The second-order valence-corrected chi connectivity index (χ2v) is 7.65. The highest BCUT2D eigenvalue weighted by Gasteiger charge is 2.54. The van der Waals surface area contributed by atoms with E-state index in [-0.39, 0.29) is 5.73 Å². The Balaban J connectivity index is 1.83. The van der Waals surface area contributed by atoms with Crippen molar-refractivity contribution in [2.45, 2.75) is 77.4 Å². The molecular formula is C16H26BFO2. The van der Waals surface area contributed by atoms with Crippen LogP contribution in [0.1, 0.15) is 66.2 Å². The topological polar surface area (TPSA) is 18.5 Å². The van der Waals surface area contributed by atoms with Crippen LogP contribution in [0.3, 0.4) is 0 Å². The average molecular weight is 280 g/mol. The minimum absolute atomic E-state index is 0.125. The summed E-state index contributed by atoms with van der Waals surface area (Å²) >= 11 is 0. The fourth-order valence-corrected chi connectivity index (χ4v) is 3.45. The predicted octanol–water partition coefficient (Wildman–Crippen LogP) is 4.44.